The molecule has 0 saturated heterocycles. The highest BCUT2D eigenvalue weighted by Crippen LogP contribution is 2.25. The molecule has 2 heterocycles. The molecule has 98 valence electrons. The number of furan rings is 1. The van der Waals surface area contributed by atoms with Crippen molar-refractivity contribution >= 4 is 12.2 Å². The minimum absolute atomic E-state index is 0.147. The fourth-order valence-electron chi connectivity index (χ4n) is 1.77. The lowest BCUT2D eigenvalue weighted by molar-refractivity contribution is 0.396. The number of nitriles is 2. The number of nitrogens with zero attached hydrogens (tertiary/aromatic N) is 3. The Hall–Kier alpha value is -3.05. The van der Waals surface area contributed by atoms with Crippen molar-refractivity contribution in [1.29, 1.82) is 10.5 Å². The van der Waals surface area contributed by atoms with E-state index in [1.54, 1.807) is 37.5 Å². The summed E-state index contributed by atoms with van der Waals surface area (Å²) in [5.74, 6) is 0.821. The molecule has 0 aliphatic carbocycles. The van der Waals surface area contributed by atoms with Crippen LogP contribution in [0.4, 0.5) is 0 Å². The van der Waals surface area contributed by atoms with E-state index in [2.05, 4.69) is 4.98 Å². The molecule has 0 amide bonds. The van der Waals surface area contributed by atoms with Gasteiger partial charge in [-0.25, -0.2) is 4.98 Å². The number of hydrogen-bond acceptors (Lipinski definition) is 5. The van der Waals surface area contributed by atoms with Gasteiger partial charge in [-0.3, -0.25) is 0 Å². The van der Waals surface area contributed by atoms with Crippen LogP contribution in [0.1, 0.15) is 28.1 Å². The Kier molecular flexibility index (Phi) is 3.83. The van der Waals surface area contributed by atoms with E-state index in [-0.39, 0.29) is 17.0 Å². The smallest absolute Gasteiger partial charge is 0.233 e. The lowest BCUT2D eigenvalue weighted by Crippen LogP contribution is -2.01. The number of rotatable bonds is 3. The average Bonchev–Trinajstić information content (AvgIpc) is 2.98. The van der Waals surface area contributed by atoms with Gasteiger partial charge in [0.05, 0.1) is 24.6 Å². The SMILES string of the molecule is COc1nc(C=Cc2ccco2)c(C)c(C#N)c1C#N. The molecule has 0 fully saturated rings. The first kappa shape index (κ1) is 13.4. The fourth-order valence-corrected chi connectivity index (χ4v) is 1.77. The number of aromatic nitrogens is 1. The van der Waals surface area contributed by atoms with Gasteiger partial charge in [-0.15, -0.1) is 0 Å². The third-order valence-electron chi connectivity index (χ3n) is 2.81. The highest BCUT2D eigenvalue weighted by atomic mass is 16.5. The Bertz CT molecular complexity index is 732. The molecule has 0 radical (unpaired) electrons. The molecule has 20 heavy (non-hydrogen) atoms. The summed E-state index contributed by atoms with van der Waals surface area (Å²) in [4.78, 5) is 4.25. The minimum atomic E-state index is 0.147. The molecule has 2 aromatic heterocycles. The molecule has 0 unspecified atom stereocenters. The molecule has 0 atom stereocenters. The van der Waals surface area contributed by atoms with Gasteiger partial charge in [-0.2, -0.15) is 10.5 Å². The van der Waals surface area contributed by atoms with Crippen LogP contribution in [0.25, 0.3) is 12.2 Å². The third-order valence-corrected chi connectivity index (χ3v) is 2.81. The van der Waals surface area contributed by atoms with E-state index < -0.39 is 0 Å². The van der Waals surface area contributed by atoms with E-state index in [9.17, 15) is 5.26 Å². The summed E-state index contributed by atoms with van der Waals surface area (Å²) in [6.45, 7) is 1.74. The van der Waals surface area contributed by atoms with E-state index in [0.29, 0.717) is 17.0 Å². The van der Waals surface area contributed by atoms with E-state index in [1.165, 1.54) is 7.11 Å². The summed E-state index contributed by atoms with van der Waals surface area (Å²) in [5.41, 5.74) is 1.63. The second kappa shape index (κ2) is 5.73. The highest BCUT2D eigenvalue weighted by Gasteiger charge is 2.16. The topological polar surface area (TPSA) is 82.8 Å². The predicted octanol–water partition coefficient (Wildman–Crippen LogP) is 2.91. The largest absolute Gasteiger partial charge is 0.480 e. The number of methoxy groups -OCH3 is 1. The van der Waals surface area contributed by atoms with E-state index in [4.69, 9.17) is 14.4 Å². The standard InChI is InChI=1S/C15H11N3O2/c1-10-12(8-16)13(9-17)15(19-2)18-14(10)6-5-11-4-3-7-20-11/h3-7H,1-2H3. The molecule has 0 spiro atoms. The highest BCUT2D eigenvalue weighted by molar-refractivity contribution is 5.70. The fraction of sp³-hybridized carbons (Fsp3) is 0.133. The molecule has 0 bridgehead atoms. The van der Waals surface area contributed by atoms with Gasteiger partial charge in [0.25, 0.3) is 0 Å². The van der Waals surface area contributed by atoms with Crippen LogP contribution in [0.15, 0.2) is 22.8 Å². The summed E-state index contributed by atoms with van der Waals surface area (Å²) in [6.07, 6.45) is 5.03. The number of hydrogen-bond donors (Lipinski definition) is 0. The van der Waals surface area contributed by atoms with Crippen LogP contribution in [0.2, 0.25) is 0 Å². The lowest BCUT2D eigenvalue weighted by Gasteiger charge is -2.08. The molecule has 2 aromatic rings. The summed E-state index contributed by atoms with van der Waals surface area (Å²) < 4.78 is 10.3. The molecule has 5 nitrogen and oxygen atoms in total. The molecular formula is C15H11N3O2. The first-order chi connectivity index (χ1) is 9.71. The summed E-state index contributed by atoms with van der Waals surface area (Å²) >= 11 is 0. The van der Waals surface area contributed by atoms with Crippen LogP contribution in [0.5, 0.6) is 5.88 Å². The maximum absolute atomic E-state index is 9.20. The normalized spacial score (nSPS) is 10.2. The zero-order valence-electron chi connectivity index (χ0n) is 11.0. The molecule has 0 N–H and O–H groups in total. The Morgan fingerprint density at radius 3 is 2.55 bits per heavy atom. The third kappa shape index (κ3) is 2.38. The molecule has 0 aromatic carbocycles. The van der Waals surface area contributed by atoms with Crippen LogP contribution in [-0.2, 0) is 0 Å². The van der Waals surface area contributed by atoms with Crippen LogP contribution in [0, 0.1) is 29.6 Å². The van der Waals surface area contributed by atoms with Gasteiger partial charge in [0.2, 0.25) is 5.88 Å². The molecule has 0 aliphatic rings. The average molecular weight is 265 g/mol. The van der Waals surface area contributed by atoms with Gasteiger partial charge in [-0.05, 0) is 36.8 Å². The van der Waals surface area contributed by atoms with Gasteiger partial charge in [-0.1, -0.05) is 0 Å². The molecule has 5 heteroatoms. The van der Waals surface area contributed by atoms with Crippen molar-refractivity contribution in [2.45, 2.75) is 6.92 Å². The van der Waals surface area contributed by atoms with Crippen molar-refractivity contribution < 1.29 is 9.15 Å². The van der Waals surface area contributed by atoms with E-state index >= 15 is 0 Å². The summed E-state index contributed by atoms with van der Waals surface area (Å²) in [7, 11) is 1.42. The first-order valence-corrected chi connectivity index (χ1v) is 5.81. The van der Waals surface area contributed by atoms with Crippen molar-refractivity contribution in [3.63, 3.8) is 0 Å². The lowest BCUT2D eigenvalue weighted by atomic mass is 10.0. The van der Waals surface area contributed by atoms with Crippen LogP contribution in [0.3, 0.4) is 0 Å². The van der Waals surface area contributed by atoms with Crippen molar-refractivity contribution in [2.75, 3.05) is 7.11 Å². The first-order valence-electron chi connectivity index (χ1n) is 5.81. The zero-order chi connectivity index (χ0) is 14.5. The van der Waals surface area contributed by atoms with Crippen LogP contribution >= 0.6 is 0 Å². The Morgan fingerprint density at radius 2 is 2.00 bits per heavy atom. The second-order valence-electron chi connectivity index (χ2n) is 3.95. The maximum atomic E-state index is 9.20. The van der Waals surface area contributed by atoms with Gasteiger partial charge in [0.1, 0.15) is 23.5 Å². The van der Waals surface area contributed by atoms with Crippen molar-refractivity contribution in [3.8, 4) is 18.0 Å². The number of pyridine rings is 1. The minimum Gasteiger partial charge on any atom is -0.480 e. The second-order valence-corrected chi connectivity index (χ2v) is 3.95. The van der Waals surface area contributed by atoms with Crippen molar-refractivity contribution in [2.24, 2.45) is 0 Å². The molecule has 0 saturated carbocycles. The van der Waals surface area contributed by atoms with Gasteiger partial charge in [0.15, 0.2) is 0 Å². The summed E-state index contributed by atoms with van der Waals surface area (Å²) in [5, 5.41) is 18.3. The van der Waals surface area contributed by atoms with Gasteiger partial charge in [0, 0.05) is 0 Å². The number of ether oxygens (including phenoxy) is 1. The summed E-state index contributed by atoms with van der Waals surface area (Å²) in [6, 6.07) is 7.56. The van der Waals surface area contributed by atoms with Crippen LogP contribution < -0.4 is 4.74 Å². The zero-order valence-corrected chi connectivity index (χ0v) is 11.0. The monoisotopic (exact) mass is 265 g/mol. The Morgan fingerprint density at radius 1 is 1.25 bits per heavy atom. The molecular weight excluding hydrogens is 254 g/mol. The maximum Gasteiger partial charge on any atom is 0.233 e. The Balaban J connectivity index is 2.55. The molecule has 0 aliphatic heterocycles. The quantitative estimate of drug-likeness (QED) is 0.852. The Labute approximate surface area is 116 Å². The van der Waals surface area contributed by atoms with Gasteiger partial charge < -0.3 is 9.15 Å². The van der Waals surface area contributed by atoms with Crippen molar-refractivity contribution in [3.05, 3.63) is 46.5 Å². The predicted molar refractivity (Wildman–Crippen MR) is 72.6 cm³/mol. The van der Waals surface area contributed by atoms with Gasteiger partial charge >= 0.3 is 0 Å². The molecule has 2 rings (SSSR count). The van der Waals surface area contributed by atoms with Crippen LogP contribution in [-0.4, -0.2) is 12.1 Å². The van der Waals surface area contributed by atoms with E-state index in [1.807, 2.05) is 12.1 Å². The van der Waals surface area contributed by atoms with E-state index in [0.717, 1.165) is 0 Å². The van der Waals surface area contributed by atoms with Crippen molar-refractivity contribution in [1.82, 2.24) is 4.98 Å².